The van der Waals surface area contributed by atoms with Crippen LogP contribution in [0.4, 0.5) is 10.2 Å². The maximum absolute atomic E-state index is 13.8. The van der Waals surface area contributed by atoms with Crippen LogP contribution in [0.2, 0.25) is 0 Å². The minimum atomic E-state index is -0.964. The van der Waals surface area contributed by atoms with E-state index < -0.39 is 6.17 Å². The monoisotopic (exact) mass is 328 g/mol. The largest absolute Gasteiger partial charge is 0.349 e. The van der Waals surface area contributed by atoms with Crippen LogP contribution in [0, 0.1) is 11.3 Å². The number of anilines is 1. The summed E-state index contributed by atoms with van der Waals surface area (Å²) < 4.78 is 15.4. The van der Waals surface area contributed by atoms with Gasteiger partial charge in [-0.2, -0.15) is 10.4 Å². The third-order valence-corrected chi connectivity index (χ3v) is 4.08. The highest BCUT2D eigenvalue weighted by atomic mass is 19.1. The Balaban J connectivity index is 1.67. The number of carbonyl (C=O) groups is 1. The SMILES string of the molecule is Cn1cc(C#N)cc1C(=O)NC[C@@H]1C[C@H](F)CN1c1cccnn1. The quantitative estimate of drug-likeness (QED) is 0.906. The van der Waals surface area contributed by atoms with Gasteiger partial charge in [-0.3, -0.25) is 4.79 Å². The summed E-state index contributed by atoms with van der Waals surface area (Å²) in [6.45, 7) is 0.533. The molecule has 0 saturated carbocycles. The van der Waals surface area contributed by atoms with E-state index in [1.165, 1.54) is 6.07 Å². The molecule has 3 rings (SSSR count). The highest BCUT2D eigenvalue weighted by molar-refractivity contribution is 5.93. The van der Waals surface area contributed by atoms with Crippen molar-refractivity contribution in [3.8, 4) is 6.07 Å². The van der Waals surface area contributed by atoms with Crippen LogP contribution < -0.4 is 10.2 Å². The zero-order valence-corrected chi connectivity index (χ0v) is 13.2. The fourth-order valence-electron chi connectivity index (χ4n) is 2.93. The number of carbonyl (C=O) groups excluding carboxylic acids is 1. The van der Waals surface area contributed by atoms with Crippen molar-refractivity contribution < 1.29 is 9.18 Å². The van der Waals surface area contributed by atoms with Gasteiger partial charge >= 0.3 is 0 Å². The van der Waals surface area contributed by atoms with E-state index in [2.05, 4.69) is 15.5 Å². The van der Waals surface area contributed by atoms with Gasteiger partial charge in [-0.15, -0.1) is 5.10 Å². The second kappa shape index (κ2) is 6.66. The molecule has 24 heavy (non-hydrogen) atoms. The van der Waals surface area contributed by atoms with Gasteiger partial charge < -0.3 is 14.8 Å². The normalized spacial score (nSPS) is 20.0. The van der Waals surface area contributed by atoms with Gasteiger partial charge in [0.1, 0.15) is 17.9 Å². The van der Waals surface area contributed by atoms with Crippen molar-refractivity contribution in [2.24, 2.45) is 7.05 Å². The molecule has 0 unspecified atom stereocenters. The van der Waals surface area contributed by atoms with Gasteiger partial charge in [0.2, 0.25) is 0 Å². The number of aryl methyl sites for hydroxylation is 1. The summed E-state index contributed by atoms with van der Waals surface area (Å²) in [6.07, 6.45) is 2.52. The molecule has 1 amide bonds. The zero-order valence-electron chi connectivity index (χ0n) is 13.2. The Morgan fingerprint density at radius 3 is 3.08 bits per heavy atom. The predicted octanol–water partition coefficient (Wildman–Crippen LogP) is 1.03. The summed E-state index contributed by atoms with van der Waals surface area (Å²) in [4.78, 5) is 14.1. The molecule has 8 heteroatoms. The van der Waals surface area contributed by atoms with E-state index in [0.29, 0.717) is 30.0 Å². The minimum absolute atomic E-state index is 0.184. The Morgan fingerprint density at radius 1 is 1.58 bits per heavy atom. The minimum Gasteiger partial charge on any atom is -0.349 e. The maximum Gasteiger partial charge on any atom is 0.268 e. The van der Waals surface area contributed by atoms with E-state index in [4.69, 9.17) is 5.26 Å². The average Bonchev–Trinajstić information content (AvgIpc) is 3.16. The number of alkyl halides is 1. The summed E-state index contributed by atoms with van der Waals surface area (Å²) in [5.41, 5.74) is 0.820. The number of halogens is 1. The number of nitrogens with zero attached hydrogens (tertiary/aromatic N) is 5. The van der Waals surface area contributed by atoms with Crippen LogP contribution in [-0.2, 0) is 7.05 Å². The lowest BCUT2D eigenvalue weighted by atomic mass is 10.2. The Hall–Kier alpha value is -2.95. The van der Waals surface area contributed by atoms with E-state index >= 15 is 0 Å². The molecule has 0 bridgehead atoms. The van der Waals surface area contributed by atoms with Gasteiger partial charge in [0.05, 0.1) is 18.2 Å². The first-order valence-electron chi connectivity index (χ1n) is 7.61. The van der Waals surface area contributed by atoms with Crippen LogP contribution in [0.1, 0.15) is 22.5 Å². The second-order valence-electron chi connectivity index (χ2n) is 5.77. The van der Waals surface area contributed by atoms with Gasteiger partial charge in [-0.25, -0.2) is 4.39 Å². The molecule has 1 N–H and O–H groups in total. The number of hydrogen-bond acceptors (Lipinski definition) is 5. The Bertz CT molecular complexity index is 769. The molecule has 2 aromatic rings. The summed E-state index contributed by atoms with van der Waals surface area (Å²) in [7, 11) is 1.70. The molecule has 0 aromatic carbocycles. The van der Waals surface area contributed by atoms with Crippen molar-refractivity contribution in [2.45, 2.75) is 18.6 Å². The molecule has 124 valence electrons. The van der Waals surface area contributed by atoms with Crippen LogP contribution in [0.25, 0.3) is 0 Å². The Morgan fingerprint density at radius 2 is 2.42 bits per heavy atom. The molecule has 0 aliphatic carbocycles. The topological polar surface area (TPSA) is 86.8 Å². The molecule has 2 atom stereocenters. The number of rotatable bonds is 4. The van der Waals surface area contributed by atoms with Crippen LogP contribution in [0.5, 0.6) is 0 Å². The predicted molar refractivity (Wildman–Crippen MR) is 85.1 cm³/mol. The van der Waals surface area contributed by atoms with Gasteiger partial charge in [-0.1, -0.05) is 0 Å². The lowest BCUT2D eigenvalue weighted by molar-refractivity contribution is 0.0942. The third kappa shape index (κ3) is 3.20. The van der Waals surface area contributed by atoms with E-state index in [1.807, 2.05) is 11.0 Å². The summed E-state index contributed by atoms with van der Waals surface area (Å²) >= 11 is 0. The highest BCUT2D eigenvalue weighted by Gasteiger charge is 2.33. The number of nitriles is 1. The lowest BCUT2D eigenvalue weighted by Crippen LogP contribution is -2.41. The summed E-state index contributed by atoms with van der Waals surface area (Å²) in [5, 5.41) is 19.5. The smallest absolute Gasteiger partial charge is 0.268 e. The summed E-state index contributed by atoms with van der Waals surface area (Å²) in [6, 6.07) is 6.87. The molecule has 7 nitrogen and oxygen atoms in total. The molecular weight excluding hydrogens is 311 g/mol. The molecule has 0 radical (unpaired) electrons. The number of aromatic nitrogens is 3. The number of hydrogen-bond donors (Lipinski definition) is 1. The van der Waals surface area contributed by atoms with Gasteiger partial charge in [0.25, 0.3) is 5.91 Å². The fourth-order valence-corrected chi connectivity index (χ4v) is 2.93. The van der Waals surface area contributed by atoms with Crippen LogP contribution in [-0.4, -0.2) is 46.0 Å². The van der Waals surface area contributed by atoms with Crippen molar-refractivity contribution in [1.29, 1.82) is 5.26 Å². The molecule has 3 heterocycles. The van der Waals surface area contributed by atoms with Crippen molar-refractivity contribution >= 4 is 11.7 Å². The zero-order chi connectivity index (χ0) is 17.1. The Labute approximate surface area is 138 Å². The van der Waals surface area contributed by atoms with E-state index in [-0.39, 0.29) is 18.5 Å². The molecule has 2 aromatic heterocycles. The van der Waals surface area contributed by atoms with E-state index in [0.717, 1.165) is 0 Å². The molecule has 1 saturated heterocycles. The second-order valence-corrected chi connectivity index (χ2v) is 5.77. The van der Waals surface area contributed by atoms with Gasteiger partial charge in [0.15, 0.2) is 5.82 Å². The maximum atomic E-state index is 13.8. The molecule has 1 aliphatic heterocycles. The average molecular weight is 328 g/mol. The van der Waals surface area contributed by atoms with Gasteiger partial charge in [-0.05, 0) is 18.2 Å². The van der Waals surface area contributed by atoms with Crippen LogP contribution >= 0.6 is 0 Å². The van der Waals surface area contributed by atoms with E-state index in [1.54, 1.807) is 36.1 Å². The molecule has 1 fully saturated rings. The van der Waals surface area contributed by atoms with Crippen molar-refractivity contribution in [2.75, 3.05) is 18.0 Å². The van der Waals surface area contributed by atoms with Crippen molar-refractivity contribution in [3.05, 3.63) is 41.9 Å². The first-order valence-corrected chi connectivity index (χ1v) is 7.61. The van der Waals surface area contributed by atoms with Crippen LogP contribution in [0.15, 0.2) is 30.6 Å². The van der Waals surface area contributed by atoms with Crippen molar-refractivity contribution in [3.63, 3.8) is 0 Å². The Kier molecular flexibility index (Phi) is 4.42. The molecule has 1 aliphatic rings. The lowest BCUT2D eigenvalue weighted by Gasteiger charge is -2.24. The third-order valence-electron chi connectivity index (χ3n) is 4.08. The first kappa shape index (κ1) is 15.9. The summed E-state index contributed by atoms with van der Waals surface area (Å²) in [5.74, 6) is 0.308. The first-order chi connectivity index (χ1) is 11.6. The van der Waals surface area contributed by atoms with E-state index in [9.17, 15) is 9.18 Å². The number of amides is 1. The fraction of sp³-hybridized carbons (Fsp3) is 0.375. The van der Waals surface area contributed by atoms with Crippen LogP contribution in [0.3, 0.4) is 0 Å². The molecule has 0 spiro atoms. The van der Waals surface area contributed by atoms with Crippen molar-refractivity contribution in [1.82, 2.24) is 20.1 Å². The number of nitrogens with one attached hydrogen (secondary N) is 1. The van der Waals surface area contributed by atoms with Gasteiger partial charge in [0, 0.05) is 32.4 Å². The highest BCUT2D eigenvalue weighted by Crippen LogP contribution is 2.24. The molecular formula is C16H17FN6O. The standard InChI is InChI=1S/C16H17FN6O/c1-22-9-11(7-18)5-14(22)16(24)19-8-13-6-12(17)10-23(13)15-3-2-4-20-21-15/h2-5,9,12-13H,6,8,10H2,1H3,(H,19,24)/t12-,13-/m0/s1.